The number of nitrogen functional groups attached to an aromatic ring is 1. The van der Waals surface area contributed by atoms with Crippen molar-refractivity contribution in [3.05, 3.63) is 52.8 Å². The molecule has 12 heteroatoms. The van der Waals surface area contributed by atoms with E-state index in [-0.39, 0.29) is 10.8 Å². The number of H-pyrrole nitrogens is 1. The highest BCUT2D eigenvalue weighted by Gasteiger charge is 2.18. The number of aromatic amines is 1. The maximum absolute atomic E-state index is 12.7. The molecular weight excluding hydrogens is 454 g/mol. The van der Waals surface area contributed by atoms with Crippen LogP contribution in [0.4, 0.5) is 21.9 Å². The summed E-state index contributed by atoms with van der Waals surface area (Å²) in [5.41, 5.74) is 9.70. The number of nitrogens with zero attached hydrogens (tertiary/aromatic N) is 3. The average Bonchev–Trinajstić information content (AvgIpc) is 3.26. The van der Waals surface area contributed by atoms with E-state index in [2.05, 4.69) is 30.0 Å². The van der Waals surface area contributed by atoms with Gasteiger partial charge in [0.1, 0.15) is 5.69 Å². The van der Waals surface area contributed by atoms with Gasteiger partial charge in [0, 0.05) is 16.8 Å². The number of aryl methyl sites for hydroxylation is 3. The van der Waals surface area contributed by atoms with Crippen molar-refractivity contribution in [2.45, 2.75) is 25.7 Å². The molecule has 0 saturated heterocycles. The predicted molar refractivity (Wildman–Crippen MR) is 123 cm³/mol. The van der Waals surface area contributed by atoms with Gasteiger partial charge in [-0.15, -0.1) is 0 Å². The SMILES string of the molecule is Cc1cc(C)nc(NS(=O)(=O)c2ccc(Nc3[nH+]c(-c4sc(N)nc4C)cs3)cc2)n1. The molecule has 0 fully saturated rings. The van der Waals surface area contributed by atoms with Gasteiger partial charge in [-0.1, -0.05) is 22.7 Å². The quantitative estimate of drug-likeness (QED) is 0.389. The van der Waals surface area contributed by atoms with Crippen LogP contribution in [0.3, 0.4) is 0 Å². The highest BCUT2D eigenvalue weighted by Crippen LogP contribution is 2.31. The Morgan fingerprint density at radius 2 is 1.71 bits per heavy atom. The minimum Gasteiger partial charge on any atom is -0.375 e. The molecule has 160 valence electrons. The van der Waals surface area contributed by atoms with Gasteiger partial charge >= 0.3 is 5.13 Å². The molecule has 0 saturated carbocycles. The molecule has 0 aliphatic rings. The molecule has 9 nitrogen and oxygen atoms in total. The zero-order valence-electron chi connectivity index (χ0n) is 16.9. The van der Waals surface area contributed by atoms with Crippen LogP contribution < -0.4 is 20.8 Å². The molecule has 0 amide bonds. The van der Waals surface area contributed by atoms with Gasteiger partial charge in [-0.25, -0.2) is 38.4 Å². The molecule has 1 aromatic carbocycles. The number of nitrogens with one attached hydrogen (secondary N) is 3. The van der Waals surface area contributed by atoms with Crippen LogP contribution in [-0.4, -0.2) is 23.4 Å². The first-order chi connectivity index (χ1) is 14.7. The molecule has 4 rings (SSSR count). The summed E-state index contributed by atoms with van der Waals surface area (Å²) in [7, 11) is -3.80. The summed E-state index contributed by atoms with van der Waals surface area (Å²) in [4.78, 5) is 16.9. The van der Waals surface area contributed by atoms with Crippen LogP contribution in [0.1, 0.15) is 17.1 Å². The first-order valence-corrected chi connectivity index (χ1v) is 12.3. The van der Waals surface area contributed by atoms with E-state index in [0.717, 1.165) is 27.1 Å². The van der Waals surface area contributed by atoms with Gasteiger partial charge in [0.25, 0.3) is 10.0 Å². The van der Waals surface area contributed by atoms with E-state index < -0.39 is 10.0 Å². The Morgan fingerprint density at radius 1 is 1.03 bits per heavy atom. The van der Waals surface area contributed by atoms with Gasteiger partial charge in [0.15, 0.2) is 10.8 Å². The first-order valence-electron chi connectivity index (χ1n) is 9.16. The lowest BCUT2D eigenvalue weighted by Gasteiger charge is -2.08. The van der Waals surface area contributed by atoms with Crippen LogP contribution in [0.5, 0.6) is 0 Å². The van der Waals surface area contributed by atoms with Crippen molar-refractivity contribution < 1.29 is 13.4 Å². The maximum Gasteiger partial charge on any atom is 0.337 e. The summed E-state index contributed by atoms with van der Waals surface area (Å²) in [5.74, 6) is 0.0550. The van der Waals surface area contributed by atoms with Crippen LogP contribution in [0, 0.1) is 20.8 Å². The molecule has 0 radical (unpaired) electrons. The van der Waals surface area contributed by atoms with E-state index >= 15 is 0 Å². The Hall–Kier alpha value is -3.09. The molecule has 0 bridgehead atoms. The Bertz CT molecular complexity index is 1330. The summed E-state index contributed by atoms with van der Waals surface area (Å²) >= 11 is 2.92. The van der Waals surface area contributed by atoms with Gasteiger partial charge in [-0.3, -0.25) is 0 Å². The Labute approximate surface area is 187 Å². The fraction of sp³-hybridized carbons (Fsp3) is 0.158. The number of aromatic nitrogens is 4. The van der Waals surface area contributed by atoms with Crippen molar-refractivity contribution in [1.29, 1.82) is 0 Å². The van der Waals surface area contributed by atoms with Crippen molar-refractivity contribution in [3.8, 4) is 10.6 Å². The summed E-state index contributed by atoms with van der Waals surface area (Å²) in [6, 6.07) is 8.21. The third kappa shape index (κ3) is 4.81. The molecule has 0 aliphatic heterocycles. The second kappa shape index (κ2) is 8.21. The van der Waals surface area contributed by atoms with Crippen LogP contribution in [0.25, 0.3) is 10.6 Å². The molecule has 3 aromatic heterocycles. The summed E-state index contributed by atoms with van der Waals surface area (Å²) in [6.45, 7) is 5.48. The van der Waals surface area contributed by atoms with E-state index in [1.54, 1.807) is 32.0 Å². The van der Waals surface area contributed by atoms with E-state index in [1.165, 1.54) is 34.8 Å². The molecule has 0 unspecified atom stereocenters. The van der Waals surface area contributed by atoms with E-state index in [1.807, 2.05) is 12.3 Å². The highest BCUT2D eigenvalue weighted by atomic mass is 32.2. The van der Waals surface area contributed by atoms with Crippen molar-refractivity contribution >= 4 is 54.6 Å². The maximum atomic E-state index is 12.7. The first kappa shape index (κ1) is 21.2. The van der Waals surface area contributed by atoms with Crippen LogP contribution >= 0.6 is 22.7 Å². The lowest BCUT2D eigenvalue weighted by Crippen LogP contribution is -2.15. The second-order valence-corrected chi connectivity index (χ2v) is 10.4. The predicted octanol–water partition coefficient (Wildman–Crippen LogP) is 3.53. The van der Waals surface area contributed by atoms with Crippen LogP contribution in [-0.2, 0) is 10.0 Å². The minimum absolute atomic E-state index is 0.0550. The number of benzene rings is 1. The fourth-order valence-electron chi connectivity index (χ4n) is 2.94. The number of anilines is 4. The van der Waals surface area contributed by atoms with E-state index in [9.17, 15) is 8.42 Å². The summed E-state index contributed by atoms with van der Waals surface area (Å²) < 4.78 is 27.7. The minimum atomic E-state index is -3.80. The largest absolute Gasteiger partial charge is 0.375 e. The number of thiazole rings is 2. The van der Waals surface area contributed by atoms with Gasteiger partial charge in [0.2, 0.25) is 5.95 Å². The molecule has 0 spiro atoms. The van der Waals surface area contributed by atoms with Gasteiger partial charge < -0.3 is 5.73 Å². The standard InChI is InChI=1S/C19H19N7O2S3/c1-10-8-11(2)22-18(21-10)26-31(27,28)14-6-4-13(5-7-14)24-19-25-15(9-29-19)16-12(3)23-17(20)30-16/h4-9H,1-3H3,(H2,20,23)(H,24,25)(H,21,22,26)/p+1. The van der Waals surface area contributed by atoms with Gasteiger partial charge in [-0.05, 0) is 51.1 Å². The van der Waals surface area contributed by atoms with Crippen molar-refractivity contribution in [1.82, 2.24) is 15.0 Å². The lowest BCUT2D eigenvalue weighted by atomic mass is 10.3. The Morgan fingerprint density at radius 3 is 2.32 bits per heavy atom. The molecule has 0 aliphatic carbocycles. The van der Waals surface area contributed by atoms with Gasteiger partial charge in [0.05, 0.1) is 15.5 Å². The lowest BCUT2D eigenvalue weighted by molar-refractivity contribution is -0.340. The Kier molecular flexibility index (Phi) is 5.60. The zero-order chi connectivity index (χ0) is 22.2. The van der Waals surface area contributed by atoms with Crippen molar-refractivity contribution in [3.63, 3.8) is 0 Å². The molecular formula is C19H20N7O2S3+. The van der Waals surface area contributed by atoms with Crippen molar-refractivity contribution in [2.24, 2.45) is 0 Å². The molecule has 0 atom stereocenters. The molecule has 5 N–H and O–H groups in total. The highest BCUT2D eigenvalue weighted by molar-refractivity contribution is 7.92. The molecule has 31 heavy (non-hydrogen) atoms. The van der Waals surface area contributed by atoms with E-state index in [4.69, 9.17) is 5.73 Å². The number of hydrogen-bond acceptors (Lipinski definition) is 9. The smallest absolute Gasteiger partial charge is 0.337 e. The third-order valence-electron chi connectivity index (χ3n) is 4.23. The summed E-state index contributed by atoms with van der Waals surface area (Å²) in [6.07, 6.45) is 0. The number of hydrogen-bond donors (Lipinski definition) is 3. The third-order valence-corrected chi connectivity index (χ3v) is 7.39. The van der Waals surface area contributed by atoms with Gasteiger partial charge in [-0.2, -0.15) is 0 Å². The van der Waals surface area contributed by atoms with Crippen LogP contribution in [0.15, 0.2) is 40.6 Å². The fourth-order valence-corrected chi connectivity index (χ4v) is 5.52. The average molecular weight is 475 g/mol. The van der Waals surface area contributed by atoms with Crippen molar-refractivity contribution in [2.75, 3.05) is 15.8 Å². The normalized spacial score (nSPS) is 11.5. The monoisotopic (exact) mass is 474 g/mol. The number of rotatable bonds is 6. The second-order valence-electron chi connectivity index (χ2n) is 6.80. The summed E-state index contributed by atoms with van der Waals surface area (Å²) in [5, 5.41) is 6.55. The van der Waals surface area contributed by atoms with E-state index in [0.29, 0.717) is 16.5 Å². The van der Waals surface area contributed by atoms with Crippen LogP contribution in [0.2, 0.25) is 0 Å². The topological polar surface area (TPSA) is 137 Å². The molecule has 4 aromatic rings. The zero-order valence-corrected chi connectivity index (χ0v) is 19.4. The number of nitrogens with two attached hydrogens (primary N) is 1. The Balaban J connectivity index is 1.49. The molecule has 3 heterocycles. The number of sulfonamides is 1.